The second kappa shape index (κ2) is 6.52. The lowest BCUT2D eigenvalue weighted by atomic mass is 9.84. The van der Waals surface area contributed by atoms with Gasteiger partial charge in [-0.05, 0) is 37.1 Å². The molecule has 0 radical (unpaired) electrons. The second-order valence-corrected chi connectivity index (χ2v) is 5.77. The molecular formula is C14H29N. The van der Waals surface area contributed by atoms with Gasteiger partial charge in [0, 0.05) is 6.04 Å². The van der Waals surface area contributed by atoms with Crippen LogP contribution in [0.5, 0.6) is 0 Å². The highest BCUT2D eigenvalue weighted by Crippen LogP contribution is 2.26. The molecule has 1 nitrogen and oxygen atoms in total. The van der Waals surface area contributed by atoms with Gasteiger partial charge in [0.1, 0.15) is 0 Å². The van der Waals surface area contributed by atoms with Crippen molar-refractivity contribution in [2.24, 2.45) is 17.8 Å². The Labute approximate surface area is 96.0 Å². The normalized spacial score (nSPS) is 29.4. The lowest BCUT2D eigenvalue weighted by Gasteiger charge is -2.30. The van der Waals surface area contributed by atoms with Gasteiger partial charge < -0.3 is 5.32 Å². The van der Waals surface area contributed by atoms with E-state index in [9.17, 15) is 0 Å². The molecule has 1 aliphatic carbocycles. The number of nitrogens with one attached hydrogen (secondary N) is 1. The van der Waals surface area contributed by atoms with Gasteiger partial charge in [-0.25, -0.2) is 0 Å². The minimum atomic E-state index is 0.808. The summed E-state index contributed by atoms with van der Waals surface area (Å²) in [6.45, 7) is 10.5. The molecule has 1 fully saturated rings. The summed E-state index contributed by atoms with van der Waals surface area (Å²) in [7, 11) is 0. The third kappa shape index (κ3) is 4.55. The molecule has 0 aromatic rings. The van der Waals surface area contributed by atoms with Gasteiger partial charge in [0.2, 0.25) is 0 Å². The topological polar surface area (TPSA) is 12.0 Å². The van der Waals surface area contributed by atoms with E-state index in [1.807, 2.05) is 0 Å². The molecule has 0 heterocycles. The molecule has 90 valence electrons. The largest absolute Gasteiger partial charge is 0.314 e. The van der Waals surface area contributed by atoms with E-state index >= 15 is 0 Å². The first-order valence-electron chi connectivity index (χ1n) is 6.86. The third-order valence-electron chi connectivity index (χ3n) is 4.23. The van der Waals surface area contributed by atoms with E-state index in [0.29, 0.717) is 0 Å². The van der Waals surface area contributed by atoms with Crippen molar-refractivity contribution in [3.05, 3.63) is 0 Å². The Kier molecular flexibility index (Phi) is 5.66. The SMILES string of the molecule is CCC1CCCC(NCC(C)C(C)C)C1. The Balaban J connectivity index is 2.20. The Morgan fingerprint density at radius 1 is 1.20 bits per heavy atom. The van der Waals surface area contributed by atoms with Gasteiger partial charge >= 0.3 is 0 Å². The van der Waals surface area contributed by atoms with E-state index in [1.54, 1.807) is 0 Å². The minimum absolute atomic E-state index is 0.808. The van der Waals surface area contributed by atoms with Crippen molar-refractivity contribution in [1.82, 2.24) is 5.32 Å². The fourth-order valence-corrected chi connectivity index (χ4v) is 2.44. The summed E-state index contributed by atoms with van der Waals surface area (Å²) >= 11 is 0. The maximum Gasteiger partial charge on any atom is 0.00698 e. The smallest absolute Gasteiger partial charge is 0.00698 e. The first kappa shape index (κ1) is 13.0. The van der Waals surface area contributed by atoms with Crippen LogP contribution < -0.4 is 5.32 Å². The molecule has 0 aromatic carbocycles. The van der Waals surface area contributed by atoms with Crippen molar-refractivity contribution >= 4 is 0 Å². The molecule has 1 heteroatoms. The van der Waals surface area contributed by atoms with E-state index in [-0.39, 0.29) is 0 Å². The van der Waals surface area contributed by atoms with Crippen LogP contribution in [-0.2, 0) is 0 Å². The van der Waals surface area contributed by atoms with E-state index in [1.165, 1.54) is 38.6 Å². The number of hydrogen-bond donors (Lipinski definition) is 1. The summed E-state index contributed by atoms with van der Waals surface area (Å²) in [5.41, 5.74) is 0. The van der Waals surface area contributed by atoms with Crippen LogP contribution in [0.3, 0.4) is 0 Å². The van der Waals surface area contributed by atoms with Gasteiger partial charge in [-0.15, -0.1) is 0 Å². The predicted octanol–water partition coefficient (Wildman–Crippen LogP) is 3.84. The van der Waals surface area contributed by atoms with Gasteiger partial charge in [0.15, 0.2) is 0 Å². The maximum absolute atomic E-state index is 3.77. The van der Waals surface area contributed by atoms with Crippen molar-refractivity contribution in [1.29, 1.82) is 0 Å². The molecule has 0 saturated heterocycles. The molecule has 0 aromatic heterocycles. The Hall–Kier alpha value is -0.0400. The zero-order chi connectivity index (χ0) is 11.3. The second-order valence-electron chi connectivity index (χ2n) is 5.77. The molecule has 1 N–H and O–H groups in total. The molecule has 0 aliphatic heterocycles. The summed E-state index contributed by atoms with van der Waals surface area (Å²) in [5, 5.41) is 3.77. The van der Waals surface area contributed by atoms with Crippen molar-refractivity contribution in [3.63, 3.8) is 0 Å². The molecule has 3 atom stereocenters. The van der Waals surface area contributed by atoms with Crippen LogP contribution >= 0.6 is 0 Å². The van der Waals surface area contributed by atoms with Crippen LogP contribution in [0, 0.1) is 17.8 Å². The molecule has 0 amide bonds. The van der Waals surface area contributed by atoms with Gasteiger partial charge in [-0.2, -0.15) is 0 Å². The quantitative estimate of drug-likeness (QED) is 0.728. The highest BCUT2D eigenvalue weighted by atomic mass is 14.9. The lowest BCUT2D eigenvalue weighted by molar-refractivity contribution is 0.262. The van der Waals surface area contributed by atoms with Crippen LogP contribution in [0.15, 0.2) is 0 Å². The molecule has 1 saturated carbocycles. The standard InChI is InChI=1S/C14H29N/c1-5-13-7-6-8-14(9-13)15-10-12(4)11(2)3/h11-15H,5-10H2,1-4H3. The fourth-order valence-electron chi connectivity index (χ4n) is 2.44. The monoisotopic (exact) mass is 211 g/mol. The average molecular weight is 211 g/mol. The van der Waals surface area contributed by atoms with Gasteiger partial charge in [-0.3, -0.25) is 0 Å². The first-order valence-corrected chi connectivity index (χ1v) is 6.86. The van der Waals surface area contributed by atoms with E-state index in [4.69, 9.17) is 0 Å². The number of rotatable bonds is 5. The third-order valence-corrected chi connectivity index (χ3v) is 4.23. The Morgan fingerprint density at radius 3 is 2.53 bits per heavy atom. The van der Waals surface area contributed by atoms with Crippen LogP contribution in [0.4, 0.5) is 0 Å². The molecule has 15 heavy (non-hydrogen) atoms. The highest BCUT2D eigenvalue weighted by molar-refractivity contribution is 4.78. The van der Waals surface area contributed by atoms with E-state index in [0.717, 1.165) is 23.8 Å². The zero-order valence-corrected chi connectivity index (χ0v) is 11.1. The van der Waals surface area contributed by atoms with Crippen molar-refractivity contribution < 1.29 is 0 Å². The molecule has 1 rings (SSSR count). The lowest BCUT2D eigenvalue weighted by Crippen LogP contribution is -2.37. The summed E-state index contributed by atoms with van der Waals surface area (Å²) < 4.78 is 0. The molecule has 3 unspecified atom stereocenters. The maximum atomic E-state index is 3.77. The average Bonchev–Trinajstić information content (AvgIpc) is 2.26. The van der Waals surface area contributed by atoms with Gasteiger partial charge in [0.05, 0.1) is 0 Å². The van der Waals surface area contributed by atoms with Crippen LogP contribution in [-0.4, -0.2) is 12.6 Å². The van der Waals surface area contributed by atoms with E-state index in [2.05, 4.69) is 33.0 Å². The summed E-state index contributed by atoms with van der Waals surface area (Å²) in [4.78, 5) is 0. The molecule has 1 aliphatic rings. The summed E-state index contributed by atoms with van der Waals surface area (Å²) in [6.07, 6.45) is 7.10. The van der Waals surface area contributed by atoms with E-state index < -0.39 is 0 Å². The van der Waals surface area contributed by atoms with Crippen LogP contribution in [0.1, 0.15) is 59.8 Å². The molecule has 0 bridgehead atoms. The van der Waals surface area contributed by atoms with Crippen LogP contribution in [0.25, 0.3) is 0 Å². The van der Waals surface area contributed by atoms with Gasteiger partial charge in [0.25, 0.3) is 0 Å². The Bertz CT molecular complexity index is 165. The minimum Gasteiger partial charge on any atom is -0.314 e. The first-order chi connectivity index (χ1) is 7.13. The van der Waals surface area contributed by atoms with Crippen molar-refractivity contribution in [2.75, 3.05) is 6.54 Å². The van der Waals surface area contributed by atoms with Crippen molar-refractivity contribution in [3.8, 4) is 0 Å². The zero-order valence-electron chi connectivity index (χ0n) is 11.1. The van der Waals surface area contributed by atoms with Gasteiger partial charge in [-0.1, -0.05) is 47.0 Å². The predicted molar refractivity (Wildman–Crippen MR) is 68.0 cm³/mol. The molecular weight excluding hydrogens is 182 g/mol. The summed E-state index contributed by atoms with van der Waals surface area (Å²) in [5.74, 6) is 2.61. The molecule has 0 spiro atoms. The fraction of sp³-hybridized carbons (Fsp3) is 1.00. The van der Waals surface area contributed by atoms with Crippen molar-refractivity contribution in [2.45, 2.75) is 65.8 Å². The van der Waals surface area contributed by atoms with Crippen LogP contribution in [0.2, 0.25) is 0 Å². The highest BCUT2D eigenvalue weighted by Gasteiger charge is 2.20. The summed E-state index contributed by atoms with van der Waals surface area (Å²) in [6, 6.07) is 0.810. The Morgan fingerprint density at radius 2 is 1.93 bits per heavy atom. The number of hydrogen-bond acceptors (Lipinski definition) is 1.